The van der Waals surface area contributed by atoms with E-state index in [0.29, 0.717) is 12.0 Å². The highest BCUT2D eigenvalue weighted by Crippen LogP contribution is 2.26. The Kier molecular flexibility index (Phi) is 5.44. The molecule has 0 bridgehead atoms. The highest BCUT2D eigenvalue weighted by Gasteiger charge is 2.35. The lowest BCUT2D eigenvalue weighted by molar-refractivity contribution is -0.127. The van der Waals surface area contributed by atoms with E-state index >= 15 is 0 Å². The Labute approximate surface area is 123 Å². The van der Waals surface area contributed by atoms with E-state index in [4.69, 9.17) is 5.73 Å². The van der Waals surface area contributed by atoms with Crippen LogP contribution in [0.1, 0.15) is 58.8 Å². The van der Waals surface area contributed by atoms with Gasteiger partial charge < -0.3 is 16.0 Å². The number of piperidine rings is 1. The van der Waals surface area contributed by atoms with E-state index in [1.165, 1.54) is 25.8 Å². The topological polar surface area (TPSA) is 58.4 Å². The standard InChI is InChI=1S/C16H31N3O/c1-13(2)19-10-6-7-14(12-19)11-18-15(20)16(17)8-4-3-5-9-16/h13-14H,3-12,17H2,1-2H3,(H,18,20). The lowest BCUT2D eigenvalue weighted by Gasteiger charge is -2.36. The number of likely N-dealkylation sites (tertiary alicyclic amines) is 1. The van der Waals surface area contributed by atoms with Crippen LogP contribution < -0.4 is 11.1 Å². The molecule has 1 saturated carbocycles. The molecule has 1 aliphatic carbocycles. The van der Waals surface area contributed by atoms with Gasteiger partial charge in [-0.25, -0.2) is 0 Å². The van der Waals surface area contributed by atoms with Crippen molar-refractivity contribution in [1.29, 1.82) is 0 Å². The molecule has 1 heterocycles. The minimum Gasteiger partial charge on any atom is -0.354 e. The summed E-state index contributed by atoms with van der Waals surface area (Å²) in [6.45, 7) is 7.59. The van der Waals surface area contributed by atoms with E-state index in [9.17, 15) is 4.79 Å². The first-order chi connectivity index (χ1) is 9.51. The second-order valence-corrected chi connectivity index (χ2v) is 7.02. The van der Waals surface area contributed by atoms with Gasteiger partial charge in [-0.3, -0.25) is 4.79 Å². The van der Waals surface area contributed by atoms with Gasteiger partial charge in [-0.05, 0) is 52.0 Å². The number of nitrogens with zero attached hydrogens (tertiary/aromatic N) is 1. The van der Waals surface area contributed by atoms with E-state index in [1.807, 2.05) is 0 Å². The lowest BCUT2D eigenvalue weighted by atomic mass is 9.82. The molecule has 116 valence electrons. The van der Waals surface area contributed by atoms with Gasteiger partial charge in [-0.15, -0.1) is 0 Å². The third-order valence-corrected chi connectivity index (χ3v) is 5.03. The molecule has 2 rings (SSSR count). The summed E-state index contributed by atoms with van der Waals surface area (Å²) in [6.07, 6.45) is 7.57. The molecular formula is C16H31N3O. The van der Waals surface area contributed by atoms with Crippen LogP contribution in [0.2, 0.25) is 0 Å². The fourth-order valence-corrected chi connectivity index (χ4v) is 3.56. The first kappa shape index (κ1) is 15.8. The van der Waals surface area contributed by atoms with Gasteiger partial charge in [0.05, 0.1) is 5.54 Å². The maximum absolute atomic E-state index is 12.3. The molecule has 0 radical (unpaired) electrons. The quantitative estimate of drug-likeness (QED) is 0.827. The van der Waals surface area contributed by atoms with Crippen molar-refractivity contribution in [1.82, 2.24) is 10.2 Å². The molecule has 1 unspecified atom stereocenters. The highest BCUT2D eigenvalue weighted by atomic mass is 16.2. The fourth-order valence-electron chi connectivity index (χ4n) is 3.56. The lowest BCUT2D eigenvalue weighted by Crippen LogP contribution is -2.56. The summed E-state index contributed by atoms with van der Waals surface area (Å²) in [5.41, 5.74) is 5.68. The van der Waals surface area contributed by atoms with Crippen molar-refractivity contribution >= 4 is 5.91 Å². The van der Waals surface area contributed by atoms with Crippen molar-refractivity contribution in [3.8, 4) is 0 Å². The first-order valence-corrected chi connectivity index (χ1v) is 8.32. The van der Waals surface area contributed by atoms with Crippen LogP contribution in [0.15, 0.2) is 0 Å². The van der Waals surface area contributed by atoms with Gasteiger partial charge in [0.1, 0.15) is 0 Å². The molecule has 2 fully saturated rings. The molecule has 1 aliphatic heterocycles. The van der Waals surface area contributed by atoms with Crippen LogP contribution in [0.5, 0.6) is 0 Å². The Balaban J connectivity index is 1.78. The zero-order valence-corrected chi connectivity index (χ0v) is 13.2. The van der Waals surface area contributed by atoms with Gasteiger partial charge in [0.25, 0.3) is 0 Å². The minimum absolute atomic E-state index is 0.0823. The van der Waals surface area contributed by atoms with E-state index in [1.54, 1.807) is 0 Å². The Bertz CT molecular complexity index is 324. The normalized spacial score (nSPS) is 27.5. The summed E-state index contributed by atoms with van der Waals surface area (Å²) in [6, 6.07) is 0.604. The number of amides is 1. The predicted molar refractivity (Wildman–Crippen MR) is 82.4 cm³/mol. The van der Waals surface area contributed by atoms with Crippen LogP contribution in [0.4, 0.5) is 0 Å². The largest absolute Gasteiger partial charge is 0.354 e. The molecule has 1 amide bonds. The van der Waals surface area contributed by atoms with Crippen LogP contribution in [0.3, 0.4) is 0 Å². The molecule has 4 heteroatoms. The summed E-state index contributed by atoms with van der Waals surface area (Å²) in [4.78, 5) is 14.8. The molecule has 0 aromatic heterocycles. The molecule has 0 aromatic rings. The maximum atomic E-state index is 12.3. The summed E-state index contributed by atoms with van der Waals surface area (Å²) >= 11 is 0. The number of carbonyl (C=O) groups excluding carboxylic acids is 1. The van der Waals surface area contributed by atoms with Crippen molar-refractivity contribution in [3.05, 3.63) is 0 Å². The van der Waals surface area contributed by atoms with E-state index in [0.717, 1.165) is 38.8 Å². The molecule has 0 aromatic carbocycles. The van der Waals surface area contributed by atoms with E-state index in [2.05, 4.69) is 24.1 Å². The van der Waals surface area contributed by atoms with Crippen molar-refractivity contribution in [2.75, 3.05) is 19.6 Å². The van der Waals surface area contributed by atoms with E-state index < -0.39 is 5.54 Å². The monoisotopic (exact) mass is 281 g/mol. The van der Waals surface area contributed by atoms with Gasteiger partial charge in [-0.2, -0.15) is 0 Å². The van der Waals surface area contributed by atoms with Gasteiger partial charge in [-0.1, -0.05) is 19.3 Å². The molecule has 20 heavy (non-hydrogen) atoms. The predicted octanol–water partition coefficient (Wildman–Crippen LogP) is 1.88. The summed E-state index contributed by atoms with van der Waals surface area (Å²) < 4.78 is 0. The van der Waals surface area contributed by atoms with Gasteiger partial charge >= 0.3 is 0 Å². The van der Waals surface area contributed by atoms with Crippen LogP contribution in [0, 0.1) is 5.92 Å². The van der Waals surface area contributed by atoms with E-state index in [-0.39, 0.29) is 5.91 Å². The number of carbonyl (C=O) groups is 1. The average Bonchev–Trinajstić information content (AvgIpc) is 2.45. The third kappa shape index (κ3) is 3.95. The zero-order chi connectivity index (χ0) is 14.6. The molecule has 2 aliphatic rings. The Morgan fingerprint density at radius 2 is 2.00 bits per heavy atom. The minimum atomic E-state index is -0.593. The fraction of sp³-hybridized carbons (Fsp3) is 0.938. The summed E-state index contributed by atoms with van der Waals surface area (Å²) in [7, 11) is 0. The number of nitrogens with one attached hydrogen (secondary N) is 1. The van der Waals surface area contributed by atoms with Crippen LogP contribution in [-0.4, -0.2) is 42.0 Å². The second kappa shape index (κ2) is 6.90. The number of hydrogen-bond donors (Lipinski definition) is 2. The van der Waals surface area contributed by atoms with Crippen molar-refractivity contribution in [2.24, 2.45) is 11.7 Å². The van der Waals surface area contributed by atoms with Crippen molar-refractivity contribution in [2.45, 2.75) is 70.4 Å². The number of hydrogen-bond acceptors (Lipinski definition) is 3. The molecule has 1 atom stereocenters. The van der Waals surface area contributed by atoms with Gasteiger partial charge in [0, 0.05) is 19.1 Å². The summed E-state index contributed by atoms with van der Waals surface area (Å²) in [5, 5.41) is 3.13. The second-order valence-electron chi connectivity index (χ2n) is 7.02. The molecule has 4 nitrogen and oxygen atoms in total. The first-order valence-electron chi connectivity index (χ1n) is 8.32. The number of nitrogens with two attached hydrogens (primary N) is 1. The highest BCUT2D eigenvalue weighted by molar-refractivity contribution is 5.86. The van der Waals surface area contributed by atoms with Crippen molar-refractivity contribution in [3.63, 3.8) is 0 Å². The third-order valence-electron chi connectivity index (χ3n) is 5.03. The van der Waals surface area contributed by atoms with Gasteiger partial charge in [0.15, 0.2) is 0 Å². The maximum Gasteiger partial charge on any atom is 0.240 e. The Morgan fingerprint density at radius 3 is 2.65 bits per heavy atom. The number of rotatable bonds is 4. The average molecular weight is 281 g/mol. The summed E-state index contributed by atoms with van der Waals surface area (Å²) in [5.74, 6) is 0.668. The Morgan fingerprint density at radius 1 is 1.30 bits per heavy atom. The van der Waals surface area contributed by atoms with Crippen molar-refractivity contribution < 1.29 is 4.79 Å². The molecule has 0 spiro atoms. The molecule has 3 N–H and O–H groups in total. The molecule has 1 saturated heterocycles. The smallest absolute Gasteiger partial charge is 0.240 e. The molecular weight excluding hydrogens is 250 g/mol. The SMILES string of the molecule is CC(C)N1CCCC(CNC(=O)C2(N)CCCCC2)C1. The van der Waals surface area contributed by atoms with Gasteiger partial charge in [0.2, 0.25) is 5.91 Å². The van der Waals surface area contributed by atoms with Crippen LogP contribution >= 0.6 is 0 Å². The Hall–Kier alpha value is -0.610. The van der Waals surface area contributed by atoms with Crippen LogP contribution in [-0.2, 0) is 4.79 Å². The zero-order valence-electron chi connectivity index (χ0n) is 13.2. The van der Waals surface area contributed by atoms with Crippen LogP contribution in [0.25, 0.3) is 0 Å².